The van der Waals surface area contributed by atoms with Crippen LogP contribution in [0.15, 0.2) is 77.7 Å². The van der Waals surface area contributed by atoms with Crippen LogP contribution in [0.25, 0.3) is 0 Å². The Labute approximate surface area is 189 Å². The Morgan fingerprint density at radius 2 is 1.55 bits per heavy atom. The number of halogens is 3. The molecule has 0 saturated carbocycles. The van der Waals surface area contributed by atoms with Crippen molar-refractivity contribution in [1.29, 1.82) is 0 Å². The highest BCUT2D eigenvalue weighted by Gasteiger charge is 2.34. The number of nitrogens with zero attached hydrogens (tertiary/aromatic N) is 2. The second kappa shape index (κ2) is 8.86. The highest BCUT2D eigenvalue weighted by Crippen LogP contribution is 2.40. The number of sulfonamides is 1. The number of ether oxygens (including phenoxy) is 2. The average Bonchev–Trinajstić information content (AvgIpc) is 2.79. The Morgan fingerprint density at radius 3 is 2.18 bits per heavy atom. The SMILES string of the molecule is COc1ccc2c(c1)N(Cc1ccccc1)CCN2S(=O)(=O)c1ccc(OC(F)(F)F)cc1. The van der Waals surface area contributed by atoms with Gasteiger partial charge in [0.05, 0.1) is 29.9 Å². The molecule has 0 aromatic heterocycles. The molecule has 0 radical (unpaired) electrons. The molecular formula is C23H21F3N2O4S. The van der Waals surface area contributed by atoms with Crippen molar-refractivity contribution in [2.75, 3.05) is 29.4 Å². The normalized spacial score (nSPS) is 14.1. The quantitative estimate of drug-likeness (QED) is 0.509. The largest absolute Gasteiger partial charge is 0.573 e. The van der Waals surface area contributed by atoms with Crippen molar-refractivity contribution >= 4 is 21.4 Å². The highest BCUT2D eigenvalue weighted by atomic mass is 32.2. The first-order valence-corrected chi connectivity index (χ1v) is 11.5. The van der Waals surface area contributed by atoms with Gasteiger partial charge < -0.3 is 14.4 Å². The second-order valence-electron chi connectivity index (χ2n) is 7.36. The number of alkyl halides is 3. The van der Waals surface area contributed by atoms with Crippen molar-refractivity contribution in [1.82, 2.24) is 0 Å². The predicted molar refractivity (Wildman–Crippen MR) is 118 cm³/mol. The maximum absolute atomic E-state index is 13.4. The van der Waals surface area contributed by atoms with Crippen LogP contribution in [-0.2, 0) is 16.6 Å². The summed E-state index contributed by atoms with van der Waals surface area (Å²) in [6, 6.07) is 19.1. The summed E-state index contributed by atoms with van der Waals surface area (Å²) in [7, 11) is -2.49. The van der Waals surface area contributed by atoms with Crippen LogP contribution < -0.4 is 18.7 Å². The highest BCUT2D eigenvalue weighted by molar-refractivity contribution is 7.92. The number of fused-ring (bicyclic) bond motifs is 1. The van der Waals surface area contributed by atoms with E-state index in [0.717, 1.165) is 29.8 Å². The molecule has 1 aliphatic rings. The van der Waals surface area contributed by atoms with Crippen LogP contribution in [0.1, 0.15) is 5.56 Å². The van der Waals surface area contributed by atoms with E-state index in [0.29, 0.717) is 30.2 Å². The van der Waals surface area contributed by atoms with E-state index >= 15 is 0 Å². The lowest BCUT2D eigenvalue weighted by molar-refractivity contribution is -0.274. The van der Waals surface area contributed by atoms with Gasteiger partial charge in [-0.05, 0) is 42.0 Å². The van der Waals surface area contributed by atoms with Crippen LogP contribution in [0.3, 0.4) is 0 Å². The second-order valence-corrected chi connectivity index (χ2v) is 9.22. The molecule has 0 N–H and O–H groups in total. The third-order valence-corrected chi connectivity index (χ3v) is 7.05. The molecule has 0 atom stereocenters. The lowest BCUT2D eigenvalue weighted by atomic mass is 10.1. The zero-order valence-corrected chi connectivity index (χ0v) is 18.4. The van der Waals surface area contributed by atoms with Crippen LogP contribution in [0, 0.1) is 0 Å². The maximum atomic E-state index is 13.4. The minimum atomic E-state index is -4.85. The van der Waals surface area contributed by atoms with E-state index in [1.807, 2.05) is 30.3 Å². The fourth-order valence-electron chi connectivity index (χ4n) is 3.71. The Bertz CT molecular complexity index is 1220. The summed E-state index contributed by atoms with van der Waals surface area (Å²) in [5.41, 5.74) is 2.22. The summed E-state index contributed by atoms with van der Waals surface area (Å²) in [4.78, 5) is 1.94. The third kappa shape index (κ3) is 5.00. The van der Waals surface area contributed by atoms with Gasteiger partial charge in [0, 0.05) is 19.2 Å². The van der Waals surface area contributed by atoms with Gasteiger partial charge in [0.25, 0.3) is 10.0 Å². The van der Waals surface area contributed by atoms with E-state index in [9.17, 15) is 21.6 Å². The Balaban J connectivity index is 1.67. The lowest BCUT2D eigenvalue weighted by Gasteiger charge is -2.38. The fourth-order valence-corrected chi connectivity index (χ4v) is 5.17. The van der Waals surface area contributed by atoms with Crippen LogP contribution in [0.5, 0.6) is 11.5 Å². The summed E-state index contributed by atoms with van der Waals surface area (Å²) in [6.45, 7) is 1.18. The van der Waals surface area contributed by atoms with Crippen molar-refractivity contribution in [3.05, 3.63) is 78.4 Å². The van der Waals surface area contributed by atoms with E-state index in [1.54, 1.807) is 18.2 Å². The van der Waals surface area contributed by atoms with E-state index in [2.05, 4.69) is 9.64 Å². The molecule has 10 heteroatoms. The zero-order valence-electron chi connectivity index (χ0n) is 17.6. The Kier molecular flexibility index (Phi) is 6.11. The van der Waals surface area contributed by atoms with Crippen LogP contribution in [0.2, 0.25) is 0 Å². The summed E-state index contributed by atoms with van der Waals surface area (Å²) in [5, 5.41) is 0. The third-order valence-electron chi connectivity index (χ3n) is 5.23. The number of hydrogen-bond acceptors (Lipinski definition) is 5. The molecule has 0 unspecified atom stereocenters. The standard InChI is InChI=1S/C23H21F3N2O4S/c1-31-19-9-12-21-22(15-19)27(16-17-5-3-2-4-6-17)13-14-28(21)33(29,30)20-10-7-18(8-11-20)32-23(24,25)26/h2-12,15H,13-14,16H2,1H3. The van der Waals surface area contributed by atoms with Gasteiger partial charge in [0.15, 0.2) is 0 Å². The van der Waals surface area contributed by atoms with Crippen molar-refractivity contribution in [3.8, 4) is 11.5 Å². The monoisotopic (exact) mass is 478 g/mol. The molecule has 33 heavy (non-hydrogen) atoms. The van der Waals surface area contributed by atoms with Gasteiger partial charge >= 0.3 is 6.36 Å². The van der Waals surface area contributed by atoms with E-state index in [-0.39, 0.29) is 11.4 Å². The molecule has 4 rings (SSSR count). The average molecular weight is 478 g/mol. The predicted octanol–water partition coefficient (Wildman–Crippen LogP) is 4.81. The molecule has 0 fully saturated rings. The molecule has 0 saturated heterocycles. The lowest BCUT2D eigenvalue weighted by Crippen LogP contribution is -2.43. The van der Waals surface area contributed by atoms with Gasteiger partial charge in [-0.15, -0.1) is 13.2 Å². The van der Waals surface area contributed by atoms with Gasteiger partial charge in [-0.2, -0.15) is 0 Å². The minimum Gasteiger partial charge on any atom is -0.497 e. The van der Waals surface area contributed by atoms with Gasteiger partial charge in [-0.3, -0.25) is 4.31 Å². The minimum absolute atomic E-state index is 0.129. The molecular weight excluding hydrogens is 457 g/mol. The molecule has 1 heterocycles. The zero-order chi connectivity index (χ0) is 23.6. The van der Waals surface area contributed by atoms with Crippen LogP contribution in [0.4, 0.5) is 24.5 Å². The molecule has 0 aliphatic carbocycles. The first-order chi connectivity index (χ1) is 15.7. The number of hydrogen-bond donors (Lipinski definition) is 0. The van der Waals surface area contributed by atoms with Gasteiger partial charge in [-0.25, -0.2) is 8.42 Å². The van der Waals surface area contributed by atoms with E-state index < -0.39 is 22.1 Å². The van der Waals surface area contributed by atoms with Crippen molar-refractivity contribution in [3.63, 3.8) is 0 Å². The first kappa shape index (κ1) is 22.8. The van der Waals surface area contributed by atoms with Crippen LogP contribution in [-0.4, -0.2) is 35.0 Å². The molecule has 3 aromatic carbocycles. The molecule has 6 nitrogen and oxygen atoms in total. The topological polar surface area (TPSA) is 59.1 Å². The molecule has 0 spiro atoms. The molecule has 0 amide bonds. The van der Waals surface area contributed by atoms with Crippen molar-refractivity contribution in [2.45, 2.75) is 17.8 Å². The molecule has 1 aliphatic heterocycles. The maximum Gasteiger partial charge on any atom is 0.573 e. The number of benzene rings is 3. The van der Waals surface area contributed by atoms with Crippen molar-refractivity contribution < 1.29 is 31.1 Å². The smallest absolute Gasteiger partial charge is 0.497 e. The summed E-state index contributed by atoms with van der Waals surface area (Å²) < 4.78 is 74.5. The number of anilines is 2. The fraction of sp³-hybridized carbons (Fsp3) is 0.217. The molecule has 0 bridgehead atoms. The Hall–Kier alpha value is -3.40. The summed E-state index contributed by atoms with van der Waals surface area (Å²) in [6.07, 6.45) is -4.85. The van der Waals surface area contributed by atoms with E-state index in [4.69, 9.17) is 4.74 Å². The summed E-state index contributed by atoms with van der Waals surface area (Å²) >= 11 is 0. The first-order valence-electron chi connectivity index (χ1n) is 10.0. The van der Waals surface area contributed by atoms with Gasteiger partial charge in [0.1, 0.15) is 11.5 Å². The van der Waals surface area contributed by atoms with Crippen molar-refractivity contribution in [2.24, 2.45) is 0 Å². The molecule has 174 valence electrons. The summed E-state index contributed by atoms with van der Waals surface area (Å²) in [5.74, 6) is 0.0963. The van der Waals surface area contributed by atoms with Crippen LogP contribution >= 0.6 is 0 Å². The number of rotatable bonds is 6. The van der Waals surface area contributed by atoms with Gasteiger partial charge in [0.2, 0.25) is 0 Å². The number of methoxy groups -OCH3 is 1. The van der Waals surface area contributed by atoms with E-state index in [1.165, 1.54) is 11.4 Å². The Morgan fingerprint density at radius 1 is 0.879 bits per heavy atom. The van der Waals surface area contributed by atoms with Gasteiger partial charge in [-0.1, -0.05) is 30.3 Å². The molecule has 3 aromatic rings.